The maximum atomic E-state index is 4.54. The van der Waals surface area contributed by atoms with Crippen LogP contribution in [0.15, 0.2) is 12.2 Å². The lowest BCUT2D eigenvalue weighted by Gasteiger charge is -2.35. The Balaban J connectivity index is 1.27. The normalized spacial score (nSPS) is 37.1. The van der Waals surface area contributed by atoms with E-state index in [9.17, 15) is 0 Å². The van der Waals surface area contributed by atoms with Crippen LogP contribution in [-0.4, -0.2) is 39.3 Å². The Labute approximate surface area is 132 Å². The van der Waals surface area contributed by atoms with Crippen LogP contribution < -0.4 is 0 Å². The van der Waals surface area contributed by atoms with E-state index in [1.165, 1.54) is 63.4 Å². The Morgan fingerprint density at radius 2 is 2.09 bits per heavy atom. The van der Waals surface area contributed by atoms with Crippen molar-refractivity contribution >= 4 is 0 Å². The molecule has 0 aromatic carbocycles. The van der Waals surface area contributed by atoms with Gasteiger partial charge in [-0.1, -0.05) is 12.2 Å². The van der Waals surface area contributed by atoms with Gasteiger partial charge in [0.2, 0.25) is 0 Å². The number of allylic oxidation sites excluding steroid dienone is 2. The molecule has 4 nitrogen and oxygen atoms in total. The topological polar surface area (TPSA) is 34.0 Å². The summed E-state index contributed by atoms with van der Waals surface area (Å²) in [5.74, 6) is 5.81. The first-order valence-electron chi connectivity index (χ1n) is 9.19. The third-order valence-corrected chi connectivity index (χ3v) is 6.42. The molecule has 1 aromatic rings. The van der Waals surface area contributed by atoms with Crippen molar-refractivity contribution in [3.63, 3.8) is 0 Å². The van der Waals surface area contributed by atoms with E-state index in [1.54, 1.807) is 0 Å². The van der Waals surface area contributed by atoms with Crippen molar-refractivity contribution < 1.29 is 0 Å². The molecule has 1 saturated carbocycles. The summed E-state index contributed by atoms with van der Waals surface area (Å²) >= 11 is 0. The van der Waals surface area contributed by atoms with Gasteiger partial charge in [0, 0.05) is 32.0 Å². The molecule has 0 N–H and O–H groups in total. The zero-order valence-electron chi connectivity index (χ0n) is 13.3. The number of hydrogen-bond donors (Lipinski definition) is 0. The minimum Gasteiger partial charge on any atom is -0.315 e. The van der Waals surface area contributed by atoms with Gasteiger partial charge in [-0.2, -0.15) is 0 Å². The van der Waals surface area contributed by atoms with Crippen LogP contribution in [-0.2, 0) is 13.0 Å². The molecule has 2 aliphatic carbocycles. The molecular weight excluding hydrogens is 272 g/mol. The van der Waals surface area contributed by atoms with E-state index in [4.69, 9.17) is 0 Å². The smallest absolute Gasteiger partial charge is 0.137 e. The average molecular weight is 298 g/mol. The molecule has 0 unspecified atom stereocenters. The highest BCUT2D eigenvalue weighted by Crippen LogP contribution is 2.44. The van der Waals surface area contributed by atoms with Crippen molar-refractivity contribution in [3.8, 4) is 0 Å². The second-order valence-electron chi connectivity index (χ2n) is 7.87. The molecule has 2 bridgehead atoms. The Hall–Kier alpha value is -1.16. The summed E-state index contributed by atoms with van der Waals surface area (Å²) in [6, 6.07) is 0. The summed E-state index contributed by atoms with van der Waals surface area (Å²) in [5.41, 5.74) is 0. The predicted octanol–water partition coefficient (Wildman–Crippen LogP) is 2.62. The second-order valence-corrected chi connectivity index (χ2v) is 7.87. The number of rotatable bonds is 3. The van der Waals surface area contributed by atoms with E-state index < -0.39 is 0 Å². The van der Waals surface area contributed by atoms with E-state index in [0.717, 1.165) is 30.7 Å². The van der Waals surface area contributed by atoms with Gasteiger partial charge in [0.25, 0.3) is 0 Å². The SMILES string of the molecule is C1=C[C@H]2C[C@H]1C[C@@H]2CN1CCC[C@@H](c2nnc3n2CCC3)C1. The first kappa shape index (κ1) is 13.3. The fourth-order valence-corrected chi connectivity index (χ4v) is 5.34. The van der Waals surface area contributed by atoms with Gasteiger partial charge in [-0.25, -0.2) is 0 Å². The van der Waals surface area contributed by atoms with E-state index in [0.29, 0.717) is 5.92 Å². The third kappa shape index (κ3) is 2.15. The Bertz CT molecular complexity index is 590. The molecule has 0 radical (unpaired) electrons. The Kier molecular flexibility index (Phi) is 3.14. The summed E-state index contributed by atoms with van der Waals surface area (Å²) in [4.78, 5) is 2.73. The van der Waals surface area contributed by atoms with Gasteiger partial charge in [0.05, 0.1) is 0 Å². The van der Waals surface area contributed by atoms with Gasteiger partial charge in [0.1, 0.15) is 11.6 Å². The molecule has 2 aliphatic heterocycles. The molecule has 118 valence electrons. The van der Waals surface area contributed by atoms with Crippen LogP contribution in [0.3, 0.4) is 0 Å². The second kappa shape index (κ2) is 5.19. The van der Waals surface area contributed by atoms with Gasteiger partial charge in [0.15, 0.2) is 0 Å². The molecule has 4 aliphatic rings. The van der Waals surface area contributed by atoms with E-state index in [1.807, 2.05) is 0 Å². The standard InChI is InChI=1S/C18H26N4/c1-3-15(18-20-19-17-4-2-8-22(17)18)11-21(7-1)12-16-10-13-5-6-14(16)9-13/h5-6,13-16H,1-4,7-12H2/t13-,14-,15+,16+/m0/s1. The number of nitrogens with zero attached hydrogens (tertiary/aromatic N) is 4. The summed E-state index contributed by atoms with van der Waals surface area (Å²) in [7, 11) is 0. The summed E-state index contributed by atoms with van der Waals surface area (Å²) < 4.78 is 2.41. The predicted molar refractivity (Wildman–Crippen MR) is 85.6 cm³/mol. The minimum atomic E-state index is 0.613. The van der Waals surface area contributed by atoms with Gasteiger partial charge in [-0.05, 0) is 56.4 Å². The molecule has 4 heteroatoms. The lowest BCUT2D eigenvalue weighted by Crippen LogP contribution is -2.39. The van der Waals surface area contributed by atoms with Gasteiger partial charge < -0.3 is 9.47 Å². The van der Waals surface area contributed by atoms with Crippen molar-refractivity contribution in [2.75, 3.05) is 19.6 Å². The highest BCUT2D eigenvalue weighted by molar-refractivity contribution is 5.11. The van der Waals surface area contributed by atoms with Crippen molar-refractivity contribution in [1.82, 2.24) is 19.7 Å². The van der Waals surface area contributed by atoms with Gasteiger partial charge in [-0.15, -0.1) is 10.2 Å². The molecule has 0 amide bonds. The van der Waals surface area contributed by atoms with Crippen LogP contribution in [0.5, 0.6) is 0 Å². The highest BCUT2D eigenvalue weighted by atomic mass is 15.3. The molecule has 3 heterocycles. The molecule has 2 fully saturated rings. The average Bonchev–Trinajstić information content (AvgIpc) is 3.28. The quantitative estimate of drug-likeness (QED) is 0.805. The van der Waals surface area contributed by atoms with Crippen LogP contribution in [0, 0.1) is 17.8 Å². The Morgan fingerprint density at radius 3 is 2.95 bits per heavy atom. The van der Waals surface area contributed by atoms with Crippen LogP contribution in [0.2, 0.25) is 0 Å². The third-order valence-electron chi connectivity index (χ3n) is 6.42. The van der Waals surface area contributed by atoms with Crippen molar-refractivity contribution in [2.45, 2.75) is 51.0 Å². The van der Waals surface area contributed by atoms with E-state index in [-0.39, 0.29) is 0 Å². The number of piperidine rings is 1. The minimum absolute atomic E-state index is 0.613. The molecule has 5 rings (SSSR count). The van der Waals surface area contributed by atoms with Crippen molar-refractivity contribution in [2.24, 2.45) is 17.8 Å². The number of aromatic nitrogens is 3. The van der Waals surface area contributed by atoms with Crippen LogP contribution >= 0.6 is 0 Å². The fraction of sp³-hybridized carbons (Fsp3) is 0.778. The summed E-state index contributed by atoms with van der Waals surface area (Å²) in [6.07, 6.45) is 12.8. The fourth-order valence-electron chi connectivity index (χ4n) is 5.34. The highest BCUT2D eigenvalue weighted by Gasteiger charge is 2.37. The maximum absolute atomic E-state index is 4.54. The zero-order chi connectivity index (χ0) is 14.5. The molecule has 1 saturated heterocycles. The first-order chi connectivity index (χ1) is 10.9. The summed E-state index contributed by atoms with van der Waals surface area (Å²) in [6.45, 7) is 4.94. The maximum Gasteiger partial charge on any atom is 0.137 e. The number of aryl methyl sites for hydroxylation is 1. The van der Waals surface area contributed by atoms with Gasteiger partial charge >= 0.3 is 0 Å². The lowest BCUT2D eigenvalue weighted by atomic mass is 9.90. The van der Waals surface area contributed by atoms with Crippen LogP contribution in [0.25, 0.3) is 0 Å². The molecule has 22 heavy (non-hydrogen) atoms. The van der Waals surface area contributed by atoms with Crippen molar-refractivity contribution in [3.05, 3.63) is 23.8 Å². The van der Waals surface area contributed by atoms with E-state index >= 15 is 0 Å². The number of likely N-dealkylation sites (tertiary alicyclic amines) is 1. The largest absolute Gasteiger partial charge is 0.315 e. The first-order valence-corrected chi connectivity index (χ1v) is 9.19. The Morgan fingerprint density at radius 1 is 1.09 bits per heavy atom. The summed E-state index contributed by atoms with van der Waals surface area (Å²) in [5, 5.41) is 8.96. The molecule has 0 spiro atoms. The monoisotopic (exact) mass is 298 g/mol. The number of fused-ring (bicyclic) bond motifs is 3. The van der Waals surface area contributed by atoms with Crippen LogP contribution in [0.1, 0.15) is 49.7 Å². The zero-order valence-corrected chi connectivity index (χ0v) is 13.3. The van der Waals surface area contributed by atoms with Gasteiger partial charge in [-0.3, -0.25) is 0 Å². The van der Waals surface area contributed by atoms with Crippen molar-refractivity contribution in [1.29, 1.82) is 0 Å². The molecular formula is C18H26N4. The molecule has 4 atom stereocenters. The van der Waals surface area contributed by atoms with Crippen LogP contribution in [0.4, 0.5) is 0 Å². The lowest BCUT2D eigenvalue weighted by molar-refractivity contribution is 0.164. The molecule has 1 aromatic heterocycles. The van der Waals surface area contributed by atoms with E-state index in [2.05, 4.69) is 31.8 Å². The number of hydrogen-bond acceptors (Lipinski definition) is 3.